The van der Waals surface area contributed by atoms with E-state index in [1.807, 2.05) is 48.1 Å². The monoisotopic (exact) mass is 316 g/mol. The predicted octanol–water partition coefficient (Wildman–Crippen LogP) is 1.26. The van der Waals surface area contributed by atoms with Crippen LogP contribution in [0.2, 0.25) is 0 Å². The molecule has 124 valence electrons. The normalized spacial score (nSPS) is 18.1. The molecule has 23 heavy (non-hydrogen) atoms. The Labute approximate surface area is 136 Å². The Bertz CT molecular complexity index is 629. The lowest BCUT2D eigenvalue weighted by Crippen LogP contribution is -2.39. The van der Waals surface area contributed by atoms with Gasteiger partial charge in [-0.05, 0) is 24.6 Å². The minimum absolute atomic E-state index is 0.294. The standard InChI is InChI=1S/C17H24N4O2/c1-13-3-2-4-16(7-13)23-12-15(22)10-18-8-14-9-19-17-5-6-20-21(17)11-14/h2-7,14-15,18-19,22H,8-12H2,1H3/t14-,15+/m0/s1. The fourth-order valence-electron chi connectivity index (χ4n) is 2.73. The van der Waals surface area contributed by atoms with E-state index in [4.69, 9.17) is 4.74 Å². The van der Waals surface area contributed by atoms with Crippen molar-refractivity contribution in [2.45, 2.75) is 19.6 Å². The zero-order chi connectivity index (χ0) is 16.1. The molecule has 0 saturated carbocycles. The number of hydrogen-bond acceptors (Lipinski definition) is 5. The van der Waals surface area contributed by atoms with Crippen LogP contribution in [0.25, 0.3) is 0 Å². The number of ether oxygens (including phenoxy) is 1. The molecular formula is C17H24N4O2. The largest absolute Gasteiger partial charge is 0.491 e. The first-order valence-corrected chi connectivity index (χ1v) is 8.04. The van der Waals surface area contributed by atoms with Crippen molar-refractivity contribution in [3.63, 3.8) is 0 Å². The number of aliphatic hydroxyl groups excluding tert-OH is 1. The van der Waals surface area contributed by atoms with Gasteiger partial charge < -0.3 is 20.5 Å². The second-order valence-electron chi connectivity index (χ2n) is 6.09. The number of benzene rings is 1. The third-order valence-electron chi connectivity index (χ3n) is 3.96. The van der Waals surface area contributed by atoms with Crippen molar-refractivity contribution in [2.24, 2.45) is 5.92 Å². The maximum atomic E-state index is 10.0. The van der Waals surface area contributed by atoms with Gasteiger partial charge in [-0.1, -0.05) is 12.1 Å². The first-order chi connectivity index (χ1) is 11.2. The molecule has 0 bridgehead atoms. The fourth-order valence-corrected chi connectivity index (χ4v) is 2.73. The number of nitrogens with zero attached hydrogens (tertiary/aromatic N) is 2. The Morgan fingerprint density at radius 2 is 2.39 bits per heavy atom. The second-order valence-corrected chi connectivity index (χ2v) is 6.09. The maximum Gasteiger partial charge on any atom is 0.124 e. The third-order valence-corrected chi connectivity index (χ3v) is 3.96. The van der Waals surface area contributed by atoms with Crippen LogP contribution in [-0.2, 0) is 6.54 Å². The summed E-state index contributed by atoms with van der Waals surface area (Å²) in [6.07, 6.45) is 1.29. The highest BCUT2D eigenvalue weighted by molar-refractivity contribution is 5.35. The molecule has 1 aliphatic heterocycles. The highest BCUT2D eigenvalue weighted by Crippen LogP contribution is 2.15. The van der Waals surface area contributed by atoms with Crippen LogP contribution < -0.4 is 15.4 Å². The van der Waals surface area contributed by atoms with Gasteiger partial charge in [-0.2, -0.15) is 5.10 Å². The van der Waals surface area contributed by atoms with Gasteiger partial charge in [0, 0.05) is 38.2 Å². The van der Waals surface area contributed by atoms with Gasteiger partial charge >= 0.3 is 0 Å². The highest BCUT2D eigenvalue weighted by atomic mass is 16.5. The molecule has 0 spiro atoms. The van der Waals surface area contributed by atoms with E-state index in [0.29, 0.717) is 19.1 Å². The first kappa shape index (κ1) is 15.8. The molecule has 0 unspecified atom stereocenters. The van der Waals surface area contributed by atoms with Crippen LogP contribution in [0.3, 0.4) is 0 Å². The van der Waals surface area contributed by atoms with Crippen molar-refractivity contribution in [1.29, 1.82) is 0 Å². The van der Waals surface area contributed by atoms with E-state index >= 15 is 0 Å². The molecule has 2 heterocycles. The van der Waals surface area contributed by atoms with Crippen LogP contribution in [0.4, 0.5) is 5.82 Å². The van der Waals surface area contributed by atoms with Crippen molar-refractivity contribution in [3.05, 3.63) is 42.1 Å². The summed E-state index contributed by atoms with van der Waals surface area (Å²) in [4.78, 5) is 0. The van der Waals surface area contributed by atoms with Gasteiger partial charge in [0.25, 0.3) is 0 Å². The summed E-state index contributed by atoms with van der Waals surface area (Å²) in [6, 6.07) is 9.83. The van der Waals surface area contributed by atoms with Crippen LogP contribution in [0.1, 0.15) is 5.56 Å². The Morgan fingerprint density at radius 3 is 3.26 bits per heavy atom. The van der Waals surface area contributed by atoms with E-state index in [9.17, 15) is 5.11 Å². The second kappa shape index (κ2) is 7.48. The Morgan fingerprint density at radius 1 is 1.48 bits per heavy atom. The topological polar surface area (TPSA) is 71.3 Å². The molecule has 0 saturated heterocycles. The van der Waals surface area contributed by atoms with Crippen molar-refractivity contribution >= 4 is 5.82 Å². The highest BCUT2D eigenvalue weighted by Gasteiger charge is 2.18. The smallest absolute Gasteiger partial charge is 0.124 e. The summed E-state index contributed by atoms with van der Waals surface area (Å²) in [5.74, 6) is 2.34. The Hall–Kier alpha value is -2.05. The number of fused-ring (bicyclic) bond motifs is 1. The quantitative estimate of drug-likeness (QED) is 0.717. The minimum atomic E-state index is -0.521. The average molecular weight is 316 g/mol. The van der Waals surface area contributed by atoms with Crippen molar-refractivity contribution in [2.75, 3.05) is 31.6 Å². The maximum absolute atomic E-state index is 10.0. The lowest BCUT2D eigenvalue weighted by atomic mass is 10.1. The van der Waals surface area contributed by atoms with Crippen LogP contribution in [0.15, 0.2) is 36.5 Å². The van der Waals surface area contributed by atoms with Gasteiger partial charge in [0.15, 0.2) is 0 Å². The lowest BCUT2D eigenvalue weighted by Gasteiger charge is -2.25. The zero-order valence-electron chi connectivity index (χ0n) is 13.4. The lowest BCUT2D eigenvalue weighted by molar-refractivity contribution is 0.105. The van der Waals surface area contributed by atoms with Gasteiger partial charge in [0.2, 0.25) is 0 Å². The molecule has 6 nitrogen and oxygen atoms in total. The molecule has 0 amide bonds. The van der Waals surface area contributed by atoms with Crippen molar-refractivity contribution in [3.8, 4) is 5.75 Å². The third kappa shape index (κ3) is 4.46. The van der Waals surface area contributed by atoms with Gasteiger partial charge in [-0.15, -0.1) is 0 Å². The summed E-state index contributed by atoms with van der Waals surface area (Å²) in [7, 11) is 0. The van der Waals surface area contributed by atoms with Crippen LogP contribution in [-0.4, -0.2) is 47.2 Å². The molecule has 1 aliphatic rings. The summed E-state index contributed by atoms with van der Waals surface area (Å²) in [5, 5.41) is 21.0. The Kier molecular flexibility index (Phi) is 5.15. The summed E-state index contributed by atoms with van der Waals surface area (Å²) < 4.78 is 7.59. The van der Waals surface area contributed by atoms with Crippen LogP contribution in [0, 0.1) is 12.8 Å². The zero-order valence-corrected chi connectivity index (χ0v) is 13.4. The molecule has 2 aromatic rings. The molecule has 0 fully saturated rings. The van der Waals surface area contributed by atoms with Gasteiger partial charge in [0.1, 0.15) is 24.3 Å². The van der Waals surface area contributed by atoms with Gasteiger partial charge in [-0.25, -0.2) is 4.68 Å². The van der Waals surface area contributed by atoms with Crippen LogP contribution in [0.5, 0.6) is 5.75 Å². The fraction of sp³-hybridized carbons (Fsp3) is 0.471. The van der Waals surface area contributed by atoms with E-state index in [0.717, 1.165) is 36.8 Å². The summed E-state index contributed by atoms with van der Waals surface area (Å²) in [6.45, 7) is 5.51. The van der Waals surface area contributed by atoms with E-state index in [2.05, 4.69) is 15.7 Å². The number of rotatable bonds is 7. The van der Waals surface area contributed by atoms with Crippen LogP contribution >= 0.6 is 0 Å². The number of anilines is 1. The number of hydrogen-bond donors (Lipinski definition) is 3. The summed E-state index contributed by atoms with van der Waals surface area (Å²) in [5.41, 5.74) is 1.15. The van der Waals surface area contributed by atoms with E-state index < -0.39 is 6.10 Å². The molecule has 3 rings (SSSR count). The van der Waals surface area contributed by atoms with Crippen molar-refractivity contribution in [1.82, 2.24) is 15.1 Å². The number of aryl methyl sites for hydroxylation is 1. The molecular weight excluding hydrogens is 292 g/mol. The molecule has 6 heteroatoms. The number of aromatic nitrogens is 2. The average Bonchev–Trinajstić information content (AvgIpc) is 3.01. The minimum Gasteiger partial charge on any atom is -0.491 e. The van der Waals surface area contributed by atoms with Gasteiger partial charge in [0.05, 0.1) is 6.20 Å². The molecule has 1 aromatic carbocycles. The van der Waals surface area contributed by atoms with E-state index in [1.54, 1.807) is 0 Å². The molecule has 0 radical (unpaired) electrons. The number of nitrogens with one attached hydrogen (secondary N) is 2. The Balaban J connectivity index is 1.34. The molecule has 2 atom stereocenters. The molecule has 3 N–H and O–H groups in total. The molecule has 1 aromatic heterocycles. The molecule has 0 aliphatic carbocycles. The van der Waals surface area contributed by atoms with Gasteiger partial charge in [-0.3, -0.25) is 0 Å². The van der Waals surface area contributed by atoms with Crippen molar-refractivity contribution < 1.29 is 9.84 Å². The SMILES string of the molecule is Cc1cccc(OC[C@H](O)CNC[C@H]2CNc3ccnn3C2)c1. The van der Waals surface area contributed by atoms with E-state index in [1.165, 1.54) is 0 Å². The first-order valence-electron chi connectivity index (χ1n) is 8.04. The van der Waals surface area contributed by atoms with E-state index in [-0.39, 0.29) is 0 Å². The number of aliphatic hydroxyl groups is 1. The predicted molar refractivity (Wildman–Crippen MR) is 89.8 cm³/mol. The summed E-state index contributed by atoms with van der Waals surface area (Å²) >= 11 is 0.